The maximum absolute atomic E-state index is 10.8. The van der Waals surface area contributed by atoms with E-state index in [1.807, 2.05) is 32.4 Å². The largest absolute Gasteiger partial charge is 0.507 e. The Kier molecular flexibility index (Phi) is 3.84. The summed E-state index contributed by atoms with van der Waals surface area (Å²) in [6.45, 7) is 6.20. The van der Waals surface area contributed by atoms with Crippen LogP contribution in [0.15, 0.2) is 36.7 Å². The minimum atomic E-state index is 0.187. The van der Waals surface area contributed by atoms with Crippen molar-refractivity contribution in [3.05, 3.63) is 42.2 Å². The number of rotatable bonds is 2. The van der Waals surface area contributed by atoms with E-state index in [-0.39, 0.29) is 5.75 Å². The van der Waals surface area contributed by atoms with Crippen LogP contribution >= 0.6 is 0 Å². The van der Waals surface area contributed by atoms with Crippen LogP contribution in [0.1, 0.15) is 25.3 Å². The molecule has 2 aliphatic rings. The van der Waals surface area contributed by atoms with Gasteiger partial charge in [-0.1, -0.05) is 0 Å². The molecular weight excluding hydrogens is 388 g/mol. The van der Waals surface area contributed by atoms with Crippen molar-refractivity contribution in [2.75, 3.05) is 18.0 Å². The van der Waals surface area contributed by atoms with Crippen LogP contribution in [0, 0.1) is 6.92 Å². The van der Waals surface area contributed by atoms with Gasteiger partial charge in [0.15, 0.2) is 5.82 Å². The minimum Gasteiger partial charge on any atom is -0.507 e. The van der Waals surface area contributed by atoms with Crippen molar-refractivity contribution in [2.45, 2.75) is 38.3 Å². The zero-order valence-corrected chi connectivity index (χ0v) is 18.1. The zero-order chi connectivity index (χ0) is 21.3. The zero-order valence-electron chi connectivity index (χ0n) is 18.1. The van der Waals surface area contributed by atoms with Gasteiger partial charge in [0.2, 0.25) is 0 Å². The van der Waals surface area contributed by atoms with Crippen molar-refractivity contribution in [2.24, 2.45) is 7.05 Å². The summed E-state index contributed by atoms with van der Waals surface area (Å²) in [4.78, 5) is 11.9. The number of fused-ring (bicyclic) bond motifs is 2. The van der Waals surface area contributed by atoms with Crippen LogP contribution < -0.4 is 10.2 Å². The van der Waals surface area contributed by atoms with Gasteiger partial charge in [-0.15, -0.1) is 0 Å². The van der Waals surface area contributed by atoms with Crippen molar-refractivity contribution in [3.63, 3.8) is 0 Å². The number of aromatic nitrogens is 4. The molecule has 2 aromatic carbocycles. The first kappa shape index (κ1) is 18.6. The lowest BCUT2D eigenvalue weighted by Crippen LogP contribution is -2.57. The van der Waals surface area contributed by atoms with Crippen molar-refractivity contribution < 1.29 is 5.11 Å². The number of nitrogens with zero attached hydrogens (tertiary/aromatic N) is 5. The van der Waals surface area contributed by atoms with Gasteiger partial charge in [-0.3, -0.25) is 4.68 Å². The lowest BCUT2D eigenvalue weighted by atomic mass is 10.0. The molecule has 6 rings (SSSR count). The smallest absolute Gasteiger partial charge is 0.163 e. The van der Waals surface area contributed by atoms with E-state index >= 15 is 0 Å². The van der Waals surface area contributed by atoms with Crippen LogP contribution in [0.5, 0.6) is 5.75 Å². The number of anilines is 1. The number of piperazine rings is 1. The summed E-state index contributed by atoms with van der Waals surface area (Å²) in [5.74, 6) is 0.714. The Morgan fingerprint density at radius 1 is 1.19 bits per heavy atom. The highest BCUT2D eigenvalue weighted by Crippen LogP contribution is 2.40. The van der Waals surface area contributed by atoms with Gasteiger partial charge < -0.3 is 15.3 Å². The first-order valence-corrected chi connectivity index (χ1v) is 10.9. The van der Waals surface area contributed by atoms with Gasteiger partial charge in [-0.25, -0.2) is 9.97 Å². The maximum Gasteiger partial charge on any atom is 0.163 e. The van der Waals surface area contributed by atoms with E-state index in [0.29, 0.717) is 23.0 Å². The number of phenolic OH excluding ortho intramolecular Hbond substituents is 1. The van der Waals surface area contributed by atoms with Crippen molar-refractivity contribution in [3.8, 4) is 17.1 Å². The van der Waals surface area contributed by atoms with Gasteiger partial charge in [0.05, 0.1) is 16.6 Å². The van der Waals surface area contributed by atoms with E-state index in [1.54, 1.807) is 4.68 Å². The number of aromatic hydroxyl groups is 1. The number of hydrogen-bond donors (Lipinski definition) is 2. The number of hydrogen-bond acceptors (Lipinski definition) is 6. The summed E-state index contributed by atoms with van der Waals surface area (Å²) in [5.41, 5.74) is 4.59. The second-order valence-electron chi connectivity index (χ2n) is 9.28. The van der Waals surface area contributed by atoms with Crippen LogP contribution in [0.25, 0.3) is 33.2 Å². The average molecular weight is 415 g/mol. The molecule has 1 atom stereocenters. The fraction of sp³-hybridized carbons (Fsp3) is 0.375. The van der Waals surface area contributed by atoms with Gasteiger partial charge in [0.1, 0.15) is 5.75 Å². The van der Waals surface area contributed by atoms with Crippen LogP contribution in [-0.4, -0.2) is 49.5 Å². The molecule has 2 N–H and O–H groups in total. The van der Waals surface area contributed by atoms with E-state index in [2.05, 4.69) is 45.4 Å². The molecule has 158 valence electrons. The highest BCUT2D eigenvalue weighted by molar-refractivity contribution is 5.91. The van der Waals surface area contributed by atoms with E-state index in [4.69, 9.17) is 4.98 Å². The third kappa shape index (κ3) is 3.03. The molecule has 2 aromatic heterocycles. The predicted molar refractivity (Wildman–Crippen MR) is 122 cm³/mol. The highest BCUT2D eigenvalue weighted by Gasteiger charge is 2.47. The Morgan fingerprint density at radius 2 is 2.03 bits per heavy atom. The molecule has 0 bridgehead atoms. The molecule has 7 nitrogen and oxygen atoms in total. The molecule has 4 aromatic rings. The fourth-order valence-corrected chi connectivity index (χ4v) is 4.98. The second kappa shape index (κ2) is 6.40. The Balaban J connectivity index is 1.38. The molecule has 1 saturated heterocycles. The first-order valence-electron chi connectivity index (χ1n) is 10.9. The monoisotopic (exact) mass is 414 g/mol. The summed E-state index contributed by atoms with van der Waals surface area (Å²) in [6, 6.07) is 8.80. The molecule has 0 amide bonds. The molecule has 1 spiro atoms. The topological polar surface area (TPSA) is 79.1 Å². The fourth-order valence-electron chi connectivity index (χ4n) is 4.98. The highest BCUT2D eigenvalue weighted by atomic mass is 16.3. The molecule has 1 unspecified atom stereocenters. The summed E-state index contributed by atoms with van der Waals surface area (Å²) in [6.07, 6.45) is 6.33. The maximum atomic E-state index is 10.8. The van der Waals surface area contributed by atoms with E-state index in [9.17, 15) is 5.11 Å². The predicted octanol–water partition coefficient (Wildman–Crippen LogP) is 3.53. The lowest BCUT2D eigenvalue weighted by molar-refractivity contribution is 0.372. The molecule has 3 heterocycles. The van der Waals surface area contributed by atoms with Crippen molar-refractivity contribution in [1.29, 1.82) is 0 Å². The number of benzene rings is 2. The number of aryl methyl sites for hydroxylation is 2. The minimum absolute atomic E-state index is 0.187. The summed E-state index contributed by atoms with van der Waals surface area (Å²) in [5, 5.41) is 21.0. The molecule has 1 saturated carbocycles. The van der Waals surface area contributed by atoms with Crippen LogP contribution in [0.3, 0.4) is 0 Å². The van der Waals surface area contributed by atoms with E-state index in [0.717, 1.165) is 40.5 Å². The third-order valence-corrected chi connectivity index (χ3v) is 6.69. The Bertz CT molecular complexity index is 1340. The average Bonchev–Trinajstić information content (AvgIpc) is 3.37. The molecule has 7 heteroatoms. The normalized spacial score (nSPS) is 20.1. The Hall–Kier alpha value is -3.19. The summed E-state index contributed by atoms with van der Waals surface area (Å²) in [7, 11) is 1.88. The number of nitrogens with one attached hydrogen (secondary N) is 1. The van der Waals surface area contributed by atoms with Crippen LogP contribution in [0.4, 0.5) is 5.69 Å². The molecule has 31 heavy (non-hydrogen) atoms. The standard InChI is InChI=1S/C24H26N6O/c1-14-11-30(13-24(27-14)6-7-24)18-4-5-20-16(8-18)10-25-23(26-20)19-9-17-12-29(3)28-21(17)15(2)22(19)31/h4-5,8-10,12,14,27,31H,6-7,11,13H2,1-3H3. The molecule has 1 aliphatic heterocycles. The van der Waals surface area contributed by atoms with Gasteiger partial charge in [0, 0.05) is 66.1 Å². The van der Waals surface area contributed by atoms with Gasteiger partial charge in [0.25, 0.3) is 0 Å². The van der Waals surface area contributed by atoms with Gasteiger partial charge in [-0.2, -0.15) is 5.10 Å². The molecule has 2 fully saturated rings. The quantitative estimate of drug-likeness (QED) is 0.522. The molecular formula is C24H26N6O. The SMILES string of the molecule is Cc1c(O)c(-c2ncc3cc(N4CC(C)NC5(CC5)C4)ccc3n2)cc2cn(C)nc12. The second-order valence-corrected chi connectivity index (χ2v) is 9.28. The third-order valence-electron chi connectivity index (χ3n) is 6.69. The Morgan fingerprint density at radius 3 is 2.84 bits per heavy atom. The number of phenols is 1. The van der Waals surface area contributed by atoms with Crippen molar-refractivity contribution >= 4 is 27.5 Å². The van der Waals surface area contributed by atoms with Crippen molar-refractivity contribution in [1.82, 2.24) is 25.1 Å². The first-order chi connectivity index (χ1) is 14.9. The molecule has 0 radical (unpaired) electrons. The lowest BCUT2D eigenvalue weighted by Gasteiger charge is -2.39. The van der Waals surface area contributed by atoms with E-state index < -0.39 is 0 Å². The van der Waals surface area contributed by atoms with Crippen LogP contribution in [0.2, 0.25) is 0 Å². The van der Waals surface area contributed by atoms with Gasteiger partial charge in [-0.05, 0) is 51.0 Å². The summed E-state index contributed by atoms with van der Waals surface area (Å²) < 4.78 is 1.76. The summed E-state index contributed by atoms with van der Waals surface area (Å²) >= 11 is 0. The van der Waals surface area contributed by atoms with Crippen LogP contribution in [-0.2, 0) is 7.05 Å². The van der Waals surface area contributed by atoms with E-state index in [1.165, 1.54) is 18.5 Å². The van der Waals surface area contributed by atoms with Gasteiger partial charge >= 0.3 is 0 Å². The molecule has 1 aliphatic carbocycles. The Labute approximate surface area is 180 Å².